The highest BCUT2D eigenvalue weighted by Crippen LogP contribution is 2.65. The molecule has 2 spiro atoms. The van der Waals surface area contributed by atoms with Crippen LogP contribution in [-0.2, 0) is 10.8 Å². The Bertz CT molecular complexity index is 6740. The van der Waals surface area contributed by atoms with E-state index in [1.165, 1.54) is 44.5 Å². The molecule has 0 N–H and O–H groups in total. The minimum atomic E-state index is -0.793. The molecule has 108 heavy (non-hydrogen) atoms. The van der Waals surface area contributed by atoms with Gasteiger partial charge in [0.15, 0.2) is 34.9 Å². The molecule has 22 rings (SSSR count). The number of benzene rings is 16. The first-order chi connectivity index (χ1) is 53.5. The van der Waals surface area contributed by atoms with E-state index in [0.29, 0.717) is 34.9 Å². The second kappa shape index (κ2) is 24.1. The monoisotopic (exact) mass is 1380 g/mol. The molecule has 4 heterocycles. The number of ether oxygens (including phenoxy) is 2. The molecule has 2 aromatic heterocycles. The Kier molecular flexibility index (Phi) is 13.7. The molecule has 0 saturated carbocycles. The van der Waals surface area contributed by atoms with Crippen LogP contribution in [0.2, 0.25) is 0 Å². The fourth-order valence-electron chi connectivity index (χ4n) is 17.9. The molecule has 1 atom stereocenters. The highest BCUT2D eigenvalue weighted by molar-refractivity contribution is 6.01. The van der Waals surface area contributed by atoms with Crippen LogP contribution in [0.3, 0.4) is 0 Å². The van der Waals surface area contributed by atoms with Gasteiger partial charge in [-0.2, -0.15) is 0 Å². The topological polar surface area (TPSA) is 95.8 Å². The summed E-state index contributed by atoms with van der Waals surface area (Å²) in [4.78, 5) is 32.1. The summed E-state index contributed by atoms with van der Waals surface area (Å²) in [6, 6.07) is 129. The van der Waals surface area contributed by atoms with Gasteiger partial charge in [0.2, 0.25) is 0 Å². The third kappa shape index (κ3) is 9.23. The van der Waals surface area contributed by atoms with Crippen LogP contribution in [0.4, 0.5) is 0 Å². The van der Waals surface area contributed by atoms with Gasteiger partial charge in [0.25, 0.3) is 0 Å². The maximum absolute atomic E-state index is 7.08. The molecular weight excluding hydrogens is 1320 g/mol. The van der Waals surface area contributed by atoms with E-state index in [1.807, 2.05) is 36.4 Å². The lowest BCUT2D eigenvalue weighted by Crippen LogP contribution is -2.32. The molecule has 0 saturated heterocycles. The second-order valence-electron chi connectivity index (χ2n) is 28.2. The summed E-state index contributed by atoms with van der Waals surface area (Å²) in [5.41, 5.74) is 24.1. The average Bonchev–Trinajstić information content (AvgIpc) is 1.51. The predicted molar refractivity (Wildman–Crippen MR) is 432 cm³/mol. The standard InChI is InChI=1S/C100H60N6O2/c1-3-26-63(27-4-1)93-101-95(105-96(102-93)76-36-11-9-32-71(76)66-53-55-90-86(59-66)99(83-44-19-21-47-88(83)107-90)80-41-16-13-34-74(80)75-35-14-17-42-81(75)99)68-52-50-61-49-51-65(57-69(61)58-68)73-39-24-46-85-92(73)79-38-15-18-43-82(79)100(85)84-45-20-22-48-89(84)108-91-56-54-67(60-87(91)100)72-33-10-12-37-77(72)97-103-94(64-28-5-2-6-29-64)104-98(106-97)78-40-23-30-62-25-7-8-31-70(62)78/h1-60H. The number of hydrogen-bond acceptors (Lipinski definition) is 8. The van der Waals surface area contributed by atoms with Crippen molar-refractivity contribution in [1.29, 1.82) is 0 Å². The SMILES string of the molecule is c1ccc(-c2nc(-c3ccc4ccc(-c5cccc6c5-c5ccccc5C65c6ccccc6Oc6ccc(-c7ccccc7-c7nc(-c8ccccc8)nc(-c8cccc9ccccc89)n7)cc65)cc4c3)nc(-c3ccccc3-c3ccc4c(c3)C3(c5ccccc5O4)c4ccccc4-c4ccccc43)n2)cc1. The molecular formula is C100H60N6O2. The van der Waals surface area contributed by atoms with E-state index >= 15 is 0 Å². The van der Waals surface area contributed by atoms with Crippen molar-refractivity contribution in [2.75, 3.05) is 0 Å². The average molecular weight is 1380 g/mol. The van der Waals surface area contributed by atoms with E-state index in [0.717, 1.165) is 134 Å². The summed E-state index contributed by atoms with van der Waals surface area (Å²) in [6.45, 7) is 0. The maximum atomic E-state index is 7.08. The van der Waals surface area contributed by atoms with Gasteiger partial charge in [-0.3, -0.25) is 0 Å². The molecule has 18 aromatic rings. The largest absolute Gasteiger partial charge is 0.457 e. The van der Waals surface area contributed by atoms with Gasteiger partial charge in [0.1, 0.15) is 23.0 Å². The molecule has 1 unspecified atom stereocenters. The first-order valence-corrected chi connectivity index (χ1v) is 36.6. The van der Waals surface area contributed by atoms with Crippen molar-refractivity contribution < 1.29 is 9.47 Å². The van der Waals surface area contributed by atoms with E-state index in [-0.39, 0.29) is 0 Å². The fraction of sp³-hybridized carbons (Fsp3) is 0.0200. The van der Waals surface area contributed by atoms with Crippen molar-refractivity contribution in [2.24, 2.45) is 0 Å². The first-order valence-electron chi connectivity index (χ1n) is 36.6. The molecule has 2 aliphatic heterocycles. The van der Waals surface area contributed by atoms with Crippen molar-refractivity contribution in [3.63, 3.8) is 0 Å². The first kappa shape index (κ1) is 61.2. The lowest BCUT2D eigenvalue weighted by molar-refractivity contribution is 0.436. The molecule has 8 nitrogen and oxygen atoms in total. The van der Waals surface area contributed by atoms with Crippen LogP contribution in [0.15, 0.2) is 364 Å². The van der Waals surface area contributed by atoms with Crippen molar-refractivity contribution in [3.8, 4) is 147 Å². The summed E-state index contributed by atoms with van der Waals surface area (Å²) in [7, 11) is 0. The number of nitrogens with zero attached hydrogens (tertiary/aromatic N) is 6. The molecule has 0 radical (unpaired) electrons. The van der Waals surface area contributed by atoms with Gasteiger partial charge < -0.3 is 9.47 Å². The van der Waals surface area contributed by atoms with Crippen LogP contribution < -0.4 is 9.47 Å². The summed E-state index contributed by atoms with van der Waals surface area (Å²) >= 11 is 0. The maximum Gasteiger partial charge on any atom is 0.164 e. The van der Waals surface area contributed by atoms with Crippen molar-refractivity contribution in [3.05, 3.63) is 408 Å². The second-order valence-corrected chi connectivity index (χ2v) is 28.2. The summed E-state index contributed by atoms with van der Waals surface area (Å²) in [5, 5.41) is 4.34. The van der Waals surface area contributed by atoms with Crippen LogP contribution in [-0.4, -0.2) is 29.9 Å². The van der Waals surface area contributed by atoms with Gasteiger partial charge in [0, 0.05) is 55.6 Å². The van der Waals surface area contributed by atoms with Gasteiger partial charge in [-0.05, 0) is 148 Å². The lowest BCUT2D eigenvalue weighted by atomic mass is 9.65. The summed E-state index contributed by atoms with van der Waals surface area (Å²) < 4.78 is 14.0. The van der Waals surface area contributed by atoms with Crippen LogP contribution in [0.1, 0.15) is 44.5 Å². The van der Waals surface area contributed by atoms with Gasteiger partial charge in [0.05, 0.1) is 10.8 Å². The fourth-order valence-corrected chi connectivity index (χ4v) is 17.9. The van der Waals surface area contributed by atoms with E-state index in [1.54, 1.807) is 0 Å². The molecule has 0 bridgehead atoms. The molecule has 0 fully saturated rings. The van der Waals surface area contributed by atoms with Gasteiger partial charge in [-0.1, -0.05) is 315 Å². The minimum Gasteiger partial charge on any atom is -0.457 e. The zero-order valence-corrected chi connectivity index (χ0v) is 58.1. The van der Waals surface area contributed by atoms with Crippen LogP contribution >= 0.6 is 0 Å². The number of rotatable bonds is 9. The Balaban J connectivity index is 0.670. The molecule has 16 aromatic carbocycles. The van der Waals surface area contributed by atoms with E-state index in [9.17, 15) is 0 Å². The Morgan fingerprint density at radius 2 is 0.528 bits per heavy atom. The molecule has 4 aliphatic rings. The van der Waals surface area contributed by atoms with Gasteiger partial charge >= 0.3 is 0 Å². The van der Waals surface area contributed by atoms with Crippen molar-refractivity contribution >= 4 is 21.5 Å². The van der Waals surface area contributed by atoms with Crippen LogP contribution in [0, 0.1) is 0 Å². The number of para-hydroxylation sites is 2. The van der Waals surface area contributed by atoms with Crippen LogP contribution in [0.5, 0.6) is 23.0 Å². The van der Waals surface area contributed by atoms with E-state index in [2.05, 4.69) is 328 Å². The van der Waals surface area contributed by atoms with Gasteiger partial charge in [-0.25, -0.2) is 29.9 Å². The highest BCUT2D eigenvalue weighted by atomic mass is 16.5. The van der Waals surface area contributed by atoms with Crippen molar-refractivity contribution in [1.82, 2.24) is 29.9 Å². The number of hydrogen-bond donors (Lipinski definition) is 0. The Hall–Kier alpha value is -14.3. The normalized spacial score (nSPS) is 14.2. The molecule has 8 heteroatoms. The molecule has 502 valence electrons. The number of fused-ring (bicyclic) bond motifs is 20. The minimum absolute atomic E-state index is 0.570. The highest BCUT2D eigenvalue weighted by Gasteiger charge is 2.53. The van der Waals surface area contributed by atoms with Crippen LogP contribution in [0.25, 0.3) is 146 Å². The Labute approximate surface area is 623 Å². The third-order valence-corrected chi connectivity index (χ3v) is 22.5. The smallest absolute Gasteiger partial charge is 0.164 e. The number of aromatic nitrogens is 6. The van der Waals surface area contributed by atoms with Crippen molar-refractivity contribution in [2.45, 2.75) is 10.8 Å². The third-order valence-electron chi connectivity index (χ3n) is 22.5. The van der Waals surface area contributed by atoms with E-state index < -0.39 is 10.8 Å². The zero-order valence-electron chi connectivity index (χ0n) is 58.1. The molecule has 0 amide bonds. The summed E-state index contributed by atoms with van der Waals surface area (Å²) in [5.74, 6) is 6.81. The van der Waals surface area contributed by atoms with E-state index in [4.69, 9.17) is 39.4 Å². The quantitative estimate of drug-likeness (QED) is 0.141. The molecule has 2 aliphatic carbocycles. The van der Waals surface area contributed by atoms with Gasteiger partial charge in [-0.15, -0.1) is 0 Å². The summed E-state index contributed by atoms with van der Waals surface area (Å²) in [6.07, 6.45) is 0. The Morgan fingerprint density at radius 1 is 0.176 bits per heavy atom. The lowest BCUT2D eigenvalue weighted by Gasteiger charge is -2.39. The Morgan fingerprint density at radius 3 is 1.11 bits per heavy atom. The predicted octanol–water partition coefficient (Wildman–Crippen LogP) is 24.3. The zero-order chi connectivity index (χ0) is 71.0.